The Kier molecular flexibility index (Phi) is 6.91. The van der Waals surface area contributed by atoms with Crippen LogP contribution >= 0.6 is 0 Å². The van der Waals surface area contributed by atoms with Gasteiger partial charge in [-0.3, -0.25) is 0 Å². The topological polar surface area (TPSA) is 24.1 Å². The van der Waals surface area contributed by atoms with Gasteiger partial charge in [0.05, 0.1) is 6.17 Å². The van der Waals surface area contributed by atoms with Crippen molar-refractivity contribution in [1.82, 2.24) is 10.6 Å². The monoisotopic (exact) mass is 174 g/mol. The fraction of sp³-hybridized carbons (Fsp3) is 1.00. The first-order chi connectivity index (χ1) is 5.26. The van der Waals surface area contributed by atoms with Crippen LogP contribution in [0.25, 0.3) is 0 Å². The van der Waals surface area contributed by atoms with Crippen LogP contribution in [0.3, 0.4) is 0 Å². The summed E-state index contributed by atoms with van der Waals surface area (Å²) in [4.78, 5) is 0. The Hall–Kier alpha value is 0.137. The molecule has 0 heterocycles. The molecule has 1 unspecified atom stereocenters. The van der Waals surface area contributed by atoms with Crippen LogP contribution < -0.4 is 10.6 Å². The molecule has 0 fully saturated rings. The Labute approximate surface area is 73.6 Å². The maximum absolute atomic E-state index is 3.46. The second-order valence-corrected chi connectivity index (χ2v) is 4.46. The summed E-state index contributed by atoms with van der Waals surface area (Å²) in [5, 5.41) is 6.92. The highest BCUT2D eigenvalue weighted by Crippen LogP contribution is 2.07. The normalized spacial score (nSPS) is 14.2. The summed E-state index contributed by atoms with van der Waals surface area (Å²) in [7, 11) is 1.28. The zero-order valence-electron chi connectivity index (χ0n) is 8.28. The van der Waals surface area contributed by atoms with Crippen molar-refractivity contribution in [3.63, 3.8) is 0 Å². The van der Waals surface area contributed by atoms with E-state index in [0.717, 1.165) is 18.6 Å². The fourth-order valence-corrected chi connectivity index (χ4v) is 1.62. The first kappa shape index (κ1) is 11.1. The third kappa shape index (κ3) is 4.56. The van der Waals surface area contributed by atoms with Crippen LogP contribution in [0.1, 0.15) is 27.2 Å². The van der Waals surface area contributed by atoms with Gasteiger partial charge >= 0.3 is 0 Å². The van der Waals surface area contributed by atoms with Gasteiger partial charge in [0.15, 0.2) is 0 Å². The standard InChI is InChI=1S/C8H22N2Si/c1-4-7(11)8(9-5-2)10-6-3/h7-10H,4-6H2,1-3,11H3. The Bertz CT molecular complexity index is 82.2. The smallest absolute Gasteiger partial charge is 0.0567 e. The van der Waals surface area contributed by atoms with Crippen LogP contribution in [0.4, 0.5) is 0 Å². The zero-order chi connectivity index (χ0) is 8.69. The van der Waals surface area contributed by atoms with E-state index >= 15 is 0 Å². The highest BCUT2D eigenvalue weighted by atomic mass is 28.1. The van der Waals surface area contributed by atoms with E-state index in [2.05, 4.69) is 31.4 Å². The van der Waals surface area contributed by atoms with Crippen molar-refractivity contribution in [3.8, 4) is 0 Å². The third-order valence-electron chi connectivity index (χ3n) is 2.06. The predicted octanol–water partition coefficient (Wildman–Crippen LogP) is 0.0954. The summed E-state index contributed by atoms with van der Waals surface area (Å²) in [5.41, 5.74) is 0.856. The van der Waals surface area contributed by atoms with Crippen molar-refractivity contribution in [1.29, 1.82) is 0 Å². The summed E-state index contributed by atoms with van der Waals surface area (Å²) in [6.45, 7) is 8.72. The summed E-state index contributed by atoms with van der Waals surface area (Å²) >= 11 is 0. The second-order valence-electron chi connectivity index (χ2n) is 2.98. The van der Waals surface area contributed by atoms with Crippen LogP contribution in [-0.4, -0.2) is 29.5 Å². The highest BCUT2D eigenvalue weighted by Gasteiger charge is 2.11. The lowest BCUT2D eigenvalue weighted by atomic mass is 10.2. The van der Waals surface area contributed by atoms with Crippen LogP contribution in [0.5, 0.6) is 0 Å². The average Bonchev–Trinajstić information content (AvgIpc) is 2.03. The molecule has 0 bridgehead atoms. The minimum Gasteiger partial charge on any atom is -0.302 e. The number of hydrogen-bond acceptors (Lipinski definition) is 2. The van der Waals surface area contributed by atoms with Gasteiger partial charge in [-0.15, -0.1) is 0 Å². The van der Waals surface area contributed by atoms with Gasteiger partial charge in [-0.1, -0.05) is 27.2 Å². The Morgan fingerprint density at radius 1 is 1.09 bits per heavy atom. The largest absolute Gasteiger partial charge is 0.302 e. The molecule has 0 aliphatic rings. The molecule has 0 saturated carbocycles. The van der Waals surface area contributed by atoms with E-state index in [0.29, 0.717) is 6.17 Å². The van der Waals surface area contributed by atoms with Crippen molar-refractivity contribution in [3.05, 3.63) is 0 Å². The molecule has 0 radical (unpaired) electrons. The molecule has 0 saturated heterocycles. The zero-order valence-corrected chi connectivity index (χ0v) is 10.3. The number of hydrogen-bond donors (Lipinski definition) is 2. The molecule has 0 spiro atoms. The van der Waals surface area contributed by atoms with E-state index in [1.165, 1.54) is 16.7 Å². The van der Waals surface area contributed by atoms with E-state index < -0.39 is 0 Å². The minimum atomic E-state index is 0.557. The molecule has 1 atom stereocenters. The van der Waals surface area contributed by atoms with Gasteiger partial charge in [-0.2, -0.15) is 0 Å². The third-order valence-corrected chi connectivity index (χ3v) is 3.54. The first-order valence-electron chi connectivity index (χ1n) is 4.72. The molecule has 0 aliphatic heterocycles. The van der Waals surface area contributed by atoms with E-state index in [1.54, 1.807) is 0 Å². The second kappa shape index (κ2) is 6.82. The predicted molar refractivity (Wildman–Crippen MR) is 55.1 cm³/mol. The Morgan fingerprint density at radius 2 is 1.55 bits per heavy atom. The SMILES string of the molecule is CCNC(NCC)C([SiH3])CC. The molecule has 0 aromatic heterocycles. The Balaban J connectivity index is 3.66. The molecule has 3 heteroatoms. The maximum atomic E-state index is 3.46. The lowest BCUT2D eigenvalue weighted by Crippen LogP contribution is -2.45. The highest BCUT2D eigenvalue weighted by molar-refractivity contribution is 6.12. The lowest BCUT2D eigenvalue weighted by Gasteiger charge is -2.24. The van der Waals surface area contributed by atoms with E-state index in [4.69, 9.17) is 0 Å². The molecule has 0 aromatic carbocycles. The van der Waals surface area contributed by atoms with Crippen LogP contribution in [0.15, 0.2) is 0 Å². The molecule has 2 N–H and O–H groups in total. The molecule has 68 valence electrons. The maximum Gasteiger partial charge on any atom is 0.0567 e. The lowest BCUT2D eigenvalue weighted by molar-refractivity contribution is 0.415. The van der Waals surface area contributed by atoms with Gasteiger partial charge in [-0.25, -0.2) is 0 Å². The van der Waals surface area contributed by atoms with Crippen LogP contribution in [0, 0.1) is 0 Å². The van der Waals surface area contributed by atoms with Crippen LogP contribution in [-0.2, 0) is 0 Å². The molecule has 0 rings (SSSR count). The summed E-state index contributed by atoms with van der Waals surface area (Å²) < 4.78 is 0. The van der Waals surface area contributed by atoms with E-state index in [1.807, 2.05) is 0 Å². The number of nitrogens with one attached hydrogen (secondary N) is 2. The minimum absolute atomic E-state index is 0.557. The Morgan fingerprint density at radius 3 is 1.82 bits per heavy atom. The molecule has 11 heavy (non-hydrogen) atoms. The van der Waals surface area contributed by atoms with Gasteiger partial charge in [0.1, 0.15) is 0 Å². The van der Waals surface area contributed by atoms with Gasteiger partial charge < -0.3 is 10.6 Å². The number of rotatable bonds is 6. The average molecular weight is 174 g/mol. The van der Waals surface area contributed by atoms with Crippen LogP contribution in [0.2, 0.25) is 5.54 Å². The van der Waals surface area contributed by atoms with Gasteiger partial charge in [0.2, 0.25) is 0 Å². The summed E-state index contributed by atoms with van der Waals surface area (Å²) in [6.07, 6.45) is 1.85. The van der Waals surface area contributed by atoms with Crippen molar-refractivity contribution < 1.29 is 0 Å². The molecule has 2 nitrogen and oxygen atoms in total. The first-order valence-corrected chi connectivity index (χ1v) is 5.88. The summed E-state index contributed by atoms with van der Waals surface area (Å²) in [5.74, 6) is 0. The molecule has 0 amide bonds. The van der Waals surface area contributed by atoms with Crippen molar-refractivity contribution in [2.24, 2.45) is 0 Å². The quantitative estimate of drug-likeness (QED) is 0.441. The fourth-order valence-electron chi connectivity index (χ4n) is 1.15. The van der Waals surface area contributed by atoms with Gasteiger partial charge in [-0.05, 0) is 18.6 Å². The molecular formula is C8H22N2Si. The molecular weight excluding hydrogens is 152 g/mol. The van der Waals surface area contributed by atoms with Gasteiger partial charge in [0.25, 0.3) is 0 Å². The van der Waals surface area contributed by atoms with Crippen molar-refractivity contribution >= 4 is 10.2 Å². The summed E-state index contributed by atoms with van der Waals surface area (Å²) in [6, 6.07) is 0. The van der Waals surface area contributed by atoms with Crippen molar-refractivity contribution in [2.75, 3.05) is 13.1 Å². The van der Waals surface area contributed by atoms with E-state index in [9.17, 15) is 0 Å². The van der Waals surface area contributed by atoms with E-state index in [-0.39, 0.29) is 0 Å². The molecule has 0 aliphatic carbocycles. The van der Waals surface area contributed by atoms with Gasteiger partial charge in [0, 0.05) is 10.2 Å². The van der Waals surface area contributed by atoms with Crippen molar-refractivity contribution in [2.45, 2.75) is 38.9 Å². The molecule has 0 aromatic rings.